The average molecular weight is 411 g/mol. The van der Waals surface area contributed by atoms with E-state index in [9.17, 15) is 4.79 Å². The Bertz CT molecular complexity index is 629. The molecule has 0 aliphatic carbocycles. The Morgan fingerprint density at radius 3 is 2.24 bits per heavy atom. The molecule has 0 saturated carbocycles. The van der Waals surface area contributed by atoms with Crippen molar-refractivity contribution in [1.29, 1.82) is 0 Å². The van der Waals surface area contributed by atoms with E-state index in [0.717, 1.165) is 21.7 Å². The maximum Gasteiger partial charge on any atom is 0.234 e. The van der Waals surface area contributed by atoms with E-state index in [1.54, 1.807) is 11.8 Å². The van der Waals surface area contributed by atoms with Crippen molar-refractivity contribution in [3.8, 4) is 0 Å². The molecule has 2 aromatic carbocycles. The fourth-order valence-electron chi connectivity index (χ4n) is 2.07. The molecule has 0 spiro atoms. The van der Waals surface area contributed by atoms with Crippen LogP contribution >= 0.6 is 34.4 Å². The van der Waals surface area contributed by atoms with E-state index in [1.165, 1.54) is 9.13 Å². The Labute approximate surface area is 143 Å². The molecule has 0 heterocycles. The Morgan fingerprint density at radius 1 is 1.10 bits per heavy atom. The first-order valence-corrected chi connectivity index (χ1v) is 8.78. The second kappa shape index (κ2) is 7.31. The predicted octanol–water partition coefficient (Wildman–Crippen LogP) is 4.95. The first-order valence-electron chi connectivity index (χ1n) is 6.72. The molecule has 2 rings (SSSR count). The normalized spacial score (nSPS) is 10.5. The Hall–Kier alpha value is -1.01. The molecule has 0 radical (unpaired) electrons. The van der Waals surface area contributed by atoms with Gasteiger partial charge in [-0.05, 0) is 78.8 Å². The van der Waals surface area contributed by atoms with Crippen molar-refractivity contribution in [3.05, 3.63) is 56.7 Å². The van der Waals surface area contributed by atoms with Gasteiger partial charge in [-0.3, -0.25) is 4.79 Å². The first-order chi connectivity index (χ1) is 9.95. The predicted molar refractivity (Wildman–Crippen MR) is 99.2 cm³/mol. The highest BCUT2D eigenvalue weighted by Gasteiger charge is 2.09. The van der Waals surface area contributed by atoms with E-state index in [1.807, 2.05) is 13.8 Å². The summed E-state index contributed by atoms with van der Waals surface area (Å²) < 4.78 is 1.19. The van der Waals surface area contributed by atoms with Gasteiger partial charge in [0.05, 0.1) is 5.75 Å². The lowest BCUT2D eigenvalue weighted by Gasteiger charge is -2.12. The maximum absolute atomic E-state index is 12.1. The zero-order valence-corrected chi connectivity index (χ0v) is 15.3. The minimum absolute atomic E-state index is 0.0352. The van der Waals surface area contributed by atoms with Gasteiger partial charge in [-0.15, -0.1) is 11.8 Å². The summed E-state index contributed by atoms with van der Waals surface area (Å²) in [6, 6.07) is 12.4. The molecule has 110 valence electrons. The maximum atomic E-state index is 12.1. The van der Waals surface area contributed by atoms with Crippen LogP contribution in [0.5, 0.6) is 0 Å². The number of hydrogen-bond donors (Lipinski definition) is 1. The molecule has 0 bridgehead atoms. The van der Waals surface area contributed by atoms with Crippen molar-refractivity contribution in [3.63, 3.8) is 0 Å². The number of carbonyl (C=O) groups is 1. The molecular formula is C17H18INOS. The zero-order chi connectivity index (χ0) is 15.4. The number of aryl methyl sites for hydroxylation is 3. The average Bonchev–Trinajstić information content (AvgIpc) is 2.42. The highest BCUT2D eigenvalue weighted by Crippen LogP contribution is 2.24. The monoisotopic (exact) mass is 411 g/mol. The third-order valence-electron chi connectivity index (χ3n) is 3.15. The number of amides is 1. The van der Waals surface area contributed by atoms with E-state index in [0.29, 0.717) is 5.75 Å². The molecule has 0 saturated heterocycles. The lowest BCUT2D eigenvalue weighted by molar-refractivity contribution is -0.113. The standard InChI is InChI=1S/C17H18INOS/c1-11-4-6-15(7-5-11)21-10-16(20)19-17-12(2)8-14(18)9-13(17)3/h4-9H,10H2,1-3H3,(H,19,20). The summed E-state index contributed by atoms with van der Waals surface area (Å²) in [7, 11) is 0. The number of halogens is 1. The second-order valence-corrected chi connectivity index (χ2v) is 7.36. The summed E-state index contributed by atoms with van der Waals surface area (Å²) in [6.45, 7) is 6.11. The van der Waals surface area contributed by atoms with Gasteiger partial charge in [0, 0.05) is 14.2 Å². The van der Waals surface area contributed by atoms with Crippen molar-refractivity contribution < 1.29 is 4.79 Å². The van der Waals surface area contributed by atoms with Crippen molar-refractivity contribution in [2.45, 2.75) is 25.7 Å². The van der Waals surface area contributed by atoms with Crippen molar-refractivity contribution in [2.75, 3.05) is 11.1 Å². The van der Waals surface area contributed by atoms with Crippen LogP contribution in [-0.4, -0.2) is 11.7 Å². The Kier molecular flexibility index (Phi) is 5.70. The minimum atomic E-state index is 0.0352. The topological polar surface area (TPSA) is 29.1 Å². The fraction of sp³-hybridized carbons (Fsp3) is 0.235. The molecule has 0 atom stereocenters. The van der Waals surface area contributed by atoms with Gasteiger partial charge in [0.15, 0.2) is 0 Å². The number of hydrogen-bond acceptors (Lipinski definition) is 2. The Balaban J connectivity index is 1.97. The largest absolute Gasteiger partial charge is 0.325 e. The number of nitrogens with one attached hydrogen (secondary N) is 1. The van der Waals surface area contributed by atoms with Crippen molar-refractivity contribution in [1.82, 2.24) is 0 Å². The highest BCUT2D eigenvalue weighted by molar-refractivity contribution is 14.1. The molecule has 21 heavy (non-hydrogen) atoms. The molecular weight excluding hydrogens is 393 g/mol. The Morgan fingerprint density at radius 2 is 1.67 bits per heavy atom. The SMILES string of the molecule is Cc1ccc(SCC(=O)Nc2c(C)cc(I)cc2C)cc1. The van der Waals surface area contributed by atoms with E-state index < -0.39 is 0 Å². The summed E-state index contributed by atoms with van der Waals surface area (Å²) in [6.07, 6.45) is 0. The van der Waals surface area contributed by atoms with Crippen LogP contribution in [0.15, 0.2) is 41.3 Å². The lowest BCUT2D eigenvalue weighted by Crippen LogP contribution is -2.15. The van der Waals surface area contributed by atoms with Crippen LogP contribution in [0.4, 0.5) is 5.69 Å². The number of carbonyl (C=O) groups excluding carboxylic acids is 1. The molecule has 0 aromatic heterocycles. The van der Waals surface area contributed by atoms with E-state index >= 15 is 0 Å². The molecule has 2 aromatic rings. The van der Waals surface area contributed by atoms with Gasteiger partial charge >= 0.3 is 0 Å². The van der Waals surface area contributed by atoms with Crippen LogP contribution in [0.1, 0.15) is 16.7 Å². The van der Waals surface area contributed by atoms with Crippen LogP contribution in [-0.2, 0) is 4.79 Å². The molecule has 0 aliphatic rings. The van der Waals surface area contributed by atoms with Crippen LogP contribution < -0.4 is 5.32 Å². The number of benzene rings is 2. The summed E-state index contributed by atoms with van der Waals surface area (Å²) in [5.41, 5.74) is 4.38. The third kappa shape index (κ3) is 4.74. The summed E-state index contributed by atoms with van der Waals surface area (Å²) in [5, 5.41) is 3.02. The van der Waals surface area contributed by atoms with E-state index in [-0.39, 0.29) is 5.91 Å². The van der Waals surface area contributed by atoms with Crippen LogP contribution in [0, 0.1) is 24.3 Å². The van der Waals surface area contributed by atoms with Crippen molar-refractivity contribution in [2.24, 2.45) is 0 Å². The molecule has 0 fully saturated rings. The highest BCUT2D eigenvalue weighted by atomic mass is 127. The van der Waals surface area contributed by atoms with Crippen LogP contribution in [0.3, 0.4) is 0 Å². The zero-order valence-electron chi connectivity index (χ0n) is 12.4. The van der Waals surface area contributed by atoms with Gasteiger partial charge in [0.25, 0.3) is 0 Å². The van der Waals surface area contributed by atoms with Crippen LogP contribution in [0.25, 0.3) is 0 Å². The number of rotatable bonds is 4. The molecule has 4 heteroatoms. The van der Waals surface area contributed by atoms with Gasteiger partial charge in [-0.25, -0.2) is 0 Å². The molecule has 2 nitrogen and oxygen atoms in total. The van der Waals surface area contributed by atoms with E-state index in [4.69, 9.17) is 0 Å². The first kappa shape index (κ1) is 16.4. The summed E-state index contributed by atoms with van der Waals surface area (Å²) in [4.78, 5) is 13.2. The van der Waals surface area contributed by atoms with Gasteiger partial charge in [-0.1, -0.05) is 17.7 Å². The molecule has 0 unspecified atom stereocenters. The summed E-state index contributed by atoms with van der Waals surface area (Å²) in [5.74, 6) is 0.460. The second-order valence-electron chi connectivity index (χ2n) is 5.06. The third-order valence-corrected chi connectivity index (χ3v) is 4.79. The van der Waals surface area contributed by atoms with Gasteiger partial charge in [-0.2, -0.15) is 0 Å². The fourth-order valence-corrected chi connectivity index (χ4v) is 3.70. The molecule has 1 amide bonds. The lowest BCUT2D eigenvalue weighted by atomic mass is 10.1. The van der Waals surface area contributed by atoms with Crippen LogP contribution in [0.2, 0.25) is 0 Å². The van der Waals surface area contributed by atoms with Gasteiger partial charge < -0.3 is 5.32 Å². The molecule has 0 aliphatic heterocycles. The van der Waals surface area contributed by atoms with Crippen molar-refractivity contribution >= 4 is 45.9 Å². The van der Waals surface area contributed by atoms with E-state index in [2.05, 4.69) is 71.2 Å². The van der Waals surface area contributed by atoms with Gasteiger partial charge in [0.2, 0.25) is 5.91 Å². The number of anilines is 1. The van der Waals surface area contributed by atoms with Gasteiger partial charge in [0.1, 0.15) is 0 Å². The minimum Gasteiger partial charge on any atom is -0.325 e. The molecule has 1 N–H and O–H groups in total. The summed E-state index contributed by atoms with van der Waals surface area (Å²) >= 11 is 3.85. The number of thioether (sulfide) groups is 1. The quantitative estimate of drug-likeness (QED) is 0.570. The smallest absolute Gasteiger partial charge is 0.234 e.